The summed E-state index contributed by atoms with van der Waals surface area (Å²) in [5.74, 6) is 0.453. The molecule has 0 fully saturated rings. The number of halogens is 7. The van der Waals surface area contributed by atoms with Gasteiger partial charge in [-0.15, -0.1) is 0 Å². The fraction of sp³-hybridized carbons (Fsp3) is 0.294. The Morgan fingerprint density at radius 3 is 2.12 bits per heavy atom. The Bertz CT molecular complexity index is 798. The monoisotopic (exact) mass is 380 g/mol. The standard InChI is InChI=1S/C17H11ClF6O/c18-15(17(22,23)24,11-2-1-3-13(9-11)16(19,20)21)12-4-5-14-10(8-12)6-7-25-14/h1-5,8-9H,6-7H2. The second-order valence-electron chi connectivity index (χ2n) is 5.66. The second-order valence-corrected chi connectivity index (χ2v) is 6.22. The van der Waals surface area contributed by atoms with Gasteiger partial charge in [0.05, 0.1) is 12.2 Å². The third kappa shape index (κ3) is 3.05. The zero-order valence-corrected chi connectivity index (χ0v) is 13.3. The maximum atomic E-state index is 13.8. The van der Waals surface area contributed by atoms with Crippen LogP contribution in [0, 0.1) is 0 Å². The highest BCUT2D eigenvalue weighted by Crippen LogP contribution is 2.51. The van der Waals surface area contributed by atoms with Crippen molar-refractivity contribution in [2.24, 2.45) is 0 Å². The van der Waals surface area contributed by atoms with Gasteiger partial charge in [0, 0.05) is 6.42 Å². The van der Waals surface area contributed by atoms with Gasteiger partial charge in [-0.05, 0) is 41.0 Å². The number of hydrogen-bond acceptors (Lipinski definition) is 1. The van der Waals surface area contributed by atoms with Gasteiger partial charge < -0.3 is 4.74 Å². The van der Waals surface area contributed by atoms with Crippen molar-refractivity contribution in [3.63, 3.8) is 0 Å². The summed E-state index contributed by atoms with van der Waals surface area (Å²) in [5, 5.41) is 0. The Morgan fingerprint density at radius 1 is 0.840 bits per heavy atom. The first kappa shape index (κ1) is 17.9. The minimum atomic E-state index is -5.01. The first-order valence-electron chi connectivity index (χ1n) is 7.23. The van der Waals surface area contributed by atoms with Crippen LogP contribution in [0.2, 0.25) is 0 Å². The molecule has 134 valence electrons. The molecule has 1 unspecified atom stereocenters. The summed E-state index contributed by atoms with van der Waals surface area (Å²) in [6.45, 7) is 0.337. The van der Waals surface area contributed by atoms with E-state index in [-0.39, 0.29) is 5.56 Å². The lowest BCUT2D eigenvalue weighted by Crippen LogP contribution is -2.38. The van der Waals surface area contributed by atoms with E-state index in [4.69, 9.17) is 16.3 Å². The van der Waals surface area contributed by atoms with Crippen molar-refractivity contribution in [2.45, 2.75) is 23.6 Å². The summed E-state index contributed by atoms with van der Waals surface area (Å²) < 4.78 is 85.4. The predicted molar refractivity (Wildman–Crippen MR) is 79.8 cm³/mol. The molecule has 0 amide bonds. The van der Waals surface area contributed by atoms with Crippen molar-refractivity contribution in [3.05, 3.63) is 64.7 Å². The van der Waals surface area contributed by atoms with E-state index in [1.807, 2.05) is 0 Å². The molecule has 1 atom stereocenters. The van der Waals surface area contributed by atoms with Crippen LogP contribution in [0.5, 0.6) is 5.75 Å². The van der Waals surface area contributed by atoms with Gasteiger partial charge in [0.25, 0.3) is 0 Å². The maximum absolute atomic E-state index is 13.8. The van der Waals surface area contributed by atoms with Gasteiger partial charge in [-0.25, -0.2) is 0 Å². The van der Waals surface area contributed by atoms with Crippen LogP contribution in [0.25, 0.3) is 0 Å². The molecule has 0 radical (unpaired) electrons. The number of hydrogen-bond donors (Lipinski definition) is 0. The summed E-state index contributed by atoms with van der Waals surface area (Å²) in [7, 11) is 0. The Kier molecular flexibility index (Phi) is 4.18. The van der Waals surface area contributed by atoms with Crippen LogP contribution in [0.15, 0.2) is 42.5 Å². The molecule has 3 rings (SSSR count). The minimum absolute atomic E-state index is 0.337. The van der Waals surface area contributed by atoms with Crippen molar-refractivity contribution >= 4 is 11.6 Å². The molecule has 0 saturated heterocycles. The van der Waals surface area contributed by atoms with Crippen LogP contribution in [0.1, 0.15) is 22.3 Å². The zero-order valence-electron chi connectivity index (χ0n) is 12.5. The second kappa shape index (κ2) is 5.83. The number of benzene rings is 2. The third-order valence-corrected chi connectivity index (χ3v) is 4.72. The topological polar surface area (TPSA) is 9.23 Å². The van der Waals surface area contributed by atoms with Gasteiger partial charge in [-0.3, -0.25) is 0 Å². The molecular formula is C17H11ClF6O. The van der Waals surface area contributed by atoms with E-state index < -0.39 is 28.4 Å². The molecule has 0 saturated carbocycles. The maximum Gasteiger partial charge on any atom is 0.416 e. The number of alkyl halides is 7. The molecule has 1 aliphatic heterocycles. The highest BCUT2D eigenvalue weighted by molar-refractivity contribution is 6.26. The lowest BCUT2D eigenvalue weighted by atomic mass is 9.87. The van der Waals surface area contributed by atoms with Crippen LogP contribution < -0.4 is 4.74 Å². The van der Waals surface area contributed by atoms with E-state index in [0.29, 0.717) is 36.5 Å². The largest absolute Gasteiger partial charge is 0.493 e. The molecule has 1 aliphatic rings. The number of fused-ring (bicyclic) bond motifs is 1. The normalized spacial score (nSPS) is 16.9. The van der Waals surface area contributed by atoms with Crippen molar-refractivity contribution < 1.29 is 31.1 Å². The average Bonchev–Trinajstić information content (AvgIpc) is 2.99. The lowest BCUT2D eigenvalue weighted by molar-refractivity contribution is -0.155. The summed E-state index contributed by atoms with van der Waals surface area (Å²) >= 11 is 5.96. The molecule has 0 spiro atoms. The Morgan fingerprint density at radius 2 is 1.48 bits per heavy atom. The summed E-state index contributed by atoms with van der Waals surface area (Å²) in [6, 6.07) is 6.72. The van der Waals surface area contributed by atoms with Gasteiger partial charge in [0.15, 0.2) is 4.87 Å². The van der Waals surface area contributed by atoms with Crippen molar-refractivity contribution in [1.29, 1.82) is 0 Å². The molecule has 1 nitrogen and oxygen atoms in total. The highest BCUT2D eigenvalue weighted by Gasteiger charge is 2.56. The summed E-state index contributed by atoms with van der Waals surface area (Å²) in [6.07, 6.45) is -9.37. The smallest absolute Gasteiger partial charge is 0.416 e. The molecule has 8 heteroatoms. The van der Waals surface area contributed by atoms with Crippen LogP contribution in [-0.2, 0) is 17.5 Å². The highest BCUT2D eigenvalue weighted by atomic mass is 35.5. The van der Waals surface area contributed by atoms with Gasteiger partial charge in [-0.2, -0.15) is 26.3 Å². The SMILES string of the molecule is FC(F)(F)c1cccc(C(Cl)(c2ccc3c(c2)CCO3)C(F)(F)F)c1. The predicted octanol–water partition coefficient (Wildman–Crippen LogP) is 5.69. The molecule has 25 heavy (non-hydrogen) atoms. The van der Waals surface area contributed by atoms with Gasteiger partial charge >= 0.3 is 12.4 Å². The van der Waals surface area contributed by atoms with E-state index in [1.165, 1.54) is 12.1 Å². The minimum Gasteiger partial charge on any atom is -0.493 e. The Labute approximate surface area is 144 Å². The van der Waals surface area contributed by atoms with E-state index in [0.717, 1.165) is 18.2 Å². The number of rotatable bonds is 2. The van der Waals surface area contributed by atoms with Gasteiger partial charge in [0.2, 0.25) is 0 Å². The molecule has 0 aliphatic carbocycles. The van der Waals surface area contributed by atoms with Crippen LogP contribution in [0.4, 0.5) is 26.3 Å². The fourth-order valence-electron chi connectivity index (χ4n) is 2.80. The fourth-order valence-corrected chi connectivity index (χ4v) is 3.04. The zero-order chi connectivity index (χ0) is 18.5. The molecule has 2 aromatic carbocycles. The van der Waals surface area contributed by atoms with Crippen LogP contribution >= 0.6 is 11.6 Å². The first-order valence-corrected chi connectivity index (χ1v) is 7.61. The van der Waals surface area contributed by atoms with Crippen LogP contribution in [-0.4, -0.2) is 12.8 Å². The third-order valence-electron chi connectivity index (χ3n) is 4.07. The lowest BCUT2D eigenvalue weighted by Gasteiger charge is -2.31. The van der Waals surface area contributed by atoms with E-state index in [2.05, 4.69) is 0 Å². The Balaban J connectivity index is 2.18. The van der Waals surface area contributed by atoms with Gasteiger partial charge in [0.1, 0.15) is 5.75 Å². The Hall–Kier alpha value is -1.89. The van der Waals surface area contributed by atoms with Crippen molar-refractivity contribution in [3.8, 4) is 5.75 Å². The summed E-state index contributed by atoms with van der Waals surface area (Å²) in [5.41, 5.74) is -1.68. The van der Waals surface area contributed by atoms with Gasteiger partial charge in [-0.1, -0.05) is 29.8 Å². The molecule has 1 heterocycles. The van der Waals surface area contributed by atoms with E-state index >= 15 is 0 Å². The quantitative estimate of drug-likeness (QED) is 0.481. The molecular weight excluding hydrogens is 370 g/mol. The molecule has 0 N–H and O–H groups in total. The average molecular weight is 381 g/mol. The van der Waals surface area contributed by atoms with Crippen molar-refractivity contribution in [2.75, 3.05) is 6.61 Å². The van der Waals surface area contributed by atoms with Crippen LogP contribution in [0.3, 0.4) is 0 Å². The molecule has 0 aromatic heterocycles. The molecule has 2 aromatic rings. The van der Waals surface area contributed by atoms with E-state index in [1.54, 1.807) is 0 Å². The summed E-state index contributed by atoms with van der Waals surface area (Å²) in [4.78, 5) is -3.09. The molecule has 0 bridgehead atoms. The van der Waals surface area contributed by atoms with E-state index in [9.17, 15) is 26.3 Å². The number of ether oxygens (including phenoxy) is 1. The van der Waals surface area contributed by atoms with Crippen molar-refractivity contribution in [1.82, 2.24) is 0 Å². The first-order chi connectivity index (χ1) is 11.5.